The number of rotatable bonds is 8. The van der Waals surface area contributed by atoms with Crippen molar-refractivity contribution < 1.29 is 38.1 Å². The minimum atomic E-state index is -3.45. The summed E-state index contributed by atoms with van der Waals surface area (Å²) >= 11 is 0. The van der Waals surface area contributed by atoms with Gasteiger partial charge in [-0.25, -0.2) is 19.2 Å². The molecule has 4 aromatic carbocycles. The molecule has 0 aromatic heterocycles. The van der Waals surface area contributed by atoms with Crippen molar-refractivity contribution >= 4 is 46.6 Å². The minimum absolute atomic E-state index is 0.0395. The zero-order valence-corrected chi connectivity index (χ0v) is 21.3. The van der Waals surface area contributed by atoms with Crippen LogP contribution in [0.15, 0.2) is 97.1 Å². The highest BCUT2D eigenvalue weighted by atomic mass is 17.0. The Hall–Kier alpha value is -6.04. The Balaban J connectivity index is 1.84. The van der Waals surface area contributed by atoms with E-state index in [1.165, 1.54) is 72.8 Å². The maximum Gasteiger partial charge on any atom is 0.620 e. The maximum absolute atomic E-state index is 13.3. The lowest BCUT2D eigenvalue weighted by Gasteiger charge is -2.29. The van der Waals surface area contributed by atoms with Crippen LogP contribution in [-0.4, -0.2) is 30.0 Å². The van der Waals surface area contributed by atoms with Crippen LogP contribution in [0.5, 0.6) is 0 Å². The molecule has 0 aliphatic heterocycles. The predicted octanol–water partition coefficient (Wildman–Crippen LogP) is 3.35. The Morgan fingerprint density at radius 3 is 0.780 bits per heavy atom. The van der Waals surface area contributed by atoms with Gasteiger partial charge in [0.25, 0.3) is 0 Å². The molecule has 0 fully saturated rings. The van der Waals surface area contributed by atoms with Crippen molar-refractivity contribution in [2.24, 2.45) is 0 Å². The molecule has 4 rings (SSSR count). The van der Waals surface area contributed by atoms with Crippen LogP contribution in [-0.2, 0) is 18.9 Å². The standard InChI is InChI=1S/C29H24N4O8/c30-21-13-5-1-9-17(21)25(34)38-29(39-26(35)18-10-2-6-14-22(18)31,40-27(36)19-11-3-7-15-23(19)32)41-28(37)20-12-4-8-16-24(20)33/h1-16H,30-33H2. The monoisotopic (exact) mass is 556 g/mol. The van der Waals surface area contributed by atoms with Crippen LogP contribution < -0.4 is 22.9 Å². The average Bonchev–Trinajstić information content (AvgIpc) is 2.93. The number of hydrogen-bond donors (Lipinski definition) is 4. The second-order valence-electron chi connectivity index (χ2n) is 8.41. The molecule has 0 saturated carbocycles. The number of hydrogen-bond acceptors (Lipinski definition) is 12. The van der Waals surface area contributed by atoms with Crippen LogP contribution in [0, 0.1) is 0 Å². The normalized spacial score (nSPS) is 10.7. The smallest absolute Gasteiger partial charge is 0.398 e. The van der Waals surface area contributed by atoms with Crippen molar-refractivity contribution in [1.82, 2.24) is 0 Å². The summed E-state index contributed by atoms with van der Waals surface area (Å²) in [6.45, 7) is 0. The van der Waals surface area contributed by atoms with Gasteiger partial charge in [-0.15, -0.1) is 0 Å². The summed E-state index contributed by atoms with van der Waals surface area (Å²) in [6, 6.07) is 22.8. The number of esters is 4. The summed E-state index contributed by atoms with van der Waals surface area (Å²) < 4.78 is 21.3. The number of benzene rings is 4. The predicted molar refractivity (Wildman–Crippen MR) is 148 cm³/mol. The quantitative estimate of drug-likeness (QED) is 0.140. The van der Waals surface area contributed by atoms with Crippen LogP contribution in [0.4, 0.5) is 22.7 Å². The van der Waals surface area contributed by atoms with Gasteiger partial charge < -0.3 is 41.9 Å². The second-order valence-corrected chi connectivity index (χ2v) is 8.41. The summed E-state index contributed by atoms with van der Waals surface area (Å²) in [5.74, 6) is -5.11. The molecule has 0 heterocycles. The van der Waals surface area contributed by atoms with Crippen LogP contribution in [0.3, 0.4) is 0 Å². The molecule has 0 radical (unpaired) electrons. The van der Waals surface area contributed by atoms with Gasteiger partial charge in [0.2, 0.25) is 0 Å². The molecule has 8 N–H and O–H groups in total. The number of anilines is 4. The lowest BCUT2D eigenvalue weighted by Crippen LogP contribution is -2.48. The number of para-hydroxylation sites is 4. The van der Waals surface area contributed by atoms with Gasteiger partial charge in [-0.3, -0.25) is 0 Å². The molecule has 0 spiro atoms. The molecule has 0 unspecified atom stereocenters. The Morgan fingerprint density at radius 1 is 0.390 bits per heavy atom. The molecular weight excluding hydrogens is 532 g/mol. The lowest BCUT2D eigenvalue weighted by molar-refractivity contribution is -0.413. The average molecular weight is 557 g/mol. The Bertz CT molecular complexity index is 1400. The Morgan fingerprint density at radius 2 is 0.585 bits per heavy atom. The molecule has 0 atom stereocenters. The highest BCUT2D eigenvalue weighted by Gasteiger charge is 2.51. The van der Waals surface area contributed by atoms with E-state index in [2.05, 4.69) is 0 Å². The number of carbonyl (C=O) groups is 4. The molecule has 208 valence electrons. The maximum atomic E-state index is 13.3. The topological polar surface area (TPSA) is 209 Å². The van der Waals surface area contributed by atoms with Gasteiger partial charge in [0, 0.05) is 22.7 Å². The van der Waals surface area contributed by atoms with E-state index < -0.39 is 30.0 Å². The molecule has 12 heteroatoms. The number of carbonyl (C=O) groups excluding carboxylic acids is 4. The summed E-state index contributed by atoms with van der Waals surface area (Å²) in [6.07, 6.45) is -3.45. The van der Waals surface area contributed by atoms with E-state index in [1.54, 1.807) is 24.3 Å². The first-order valence-corrected chi connectivity index (χ1v) is 11.9. The van der Waals surface area contributed by atoms with E-state index in [1.807, 2.05) is 0 Å². The van der Waals surface area contributed by atoms with Gasteiger partial charge in [0.15, 0.2) is 0 Å². The zero-order chi connectivity index (χ0) is 29.6. The first kappa shape index (κ1) is 28.0. The third kappa shape index (κ3) is 6.34. The van der Waals surface area contributed by atoms with Crippen molar-refractivity contribution in [2.75, 3.05) is 22.9 Å². The lowest BCUT2D eigenvalue weighted by atomic mass is 10.2. The van der Waals surface area contributed by atoms with Crippen LogP contribution in [0.2, 0.25) is 0 Å². The Labute approximate surface area is 233 Å². The molecule has 0 amide bonds. The van der Waals surface area contributed by atoms with Gasteiger partial charge in [0.1, 0.15) is 0 Å². The number of nitrogens with two attached hydrogens (primary N) is 4. The van der Waals surface area contributed by atoms with E-state index in [4.69, 9.17) is 41.9 Å². The number of nitrogen functional groups attached to an aromatic ring is 4. The molecule has 0 aliphatic rings. The van der Waals surface area contributed by atoms with Gasteiger partial charge >= 0.3 is 30.0 Å². The van der Waals surface area contributed by atoms with Crippen molar-refractivity contribution in [1.29, 1.82) is 0 Å². The molecule has 0 saturated heterocycles. The molecule has 41 heavy (non-hydrogen) atoms. The molecule has 4 aromatic rings. The van der Waals surface area contributed by atoms with Crippen LogP contribution in [0.25, 0.3) is 0 Å². The first-order valence-electron chi connectivity index (χ1n) is 11.9. The fourth-order valence-electron chi connectivity index (χ4n) is 3.53. The van der Waals surface area contributed by atoms with E-state index in [0.717, 1.165) is 0 Å². The van der Waals surface area contributed by atoms with Crippen molar-refractivity contribution in [3.63, 3.8) is 0 Å². The highest BCUT2D eigenvalue weighted by Crippen LogP contribution is 2.29. The summed E-state index contributed by atoms with van der Waals surface area (Å²) in [7, 11) is 0. The third-order valence-corrected chi connectivity index (χ3v) is 5.59. The van der Waals surface area contributed by atoms with E-state index in [0.29, 0.717) is 0 Å². The van der Waals surface area contributed by atoms with Gasteiger partial charge in [-0.1, -0.05) is 48.5 Å². The highest BCUT2D eigenvalue weighted by molar-refractivity contribution is 5.99. The van der Waals surface area contributed by atoms with E-state index in [9.17, 15) is 19.2 Å². The first-order chi connectivity index (χ1) is 19.6. The van der Waals surface area contributed by atoms with Gasteiger partial charge in [0.05, 0.1) is 22.3 Å². The SMILES string of the molecule is Nc1ccccc1C(=O)OC(OC(=O)c1ccccc1N)(OC(=O)c1ccccc1N)OC(=O)c1ccccc1N. The molecule has 0 bridgehead atoms. The zero-order valence-electron chi connectivity index (χ0n) is 21.3. The van der Waals surface area contributed by atoms with E-state index in [-0.39, 0.29) is 45.0 Å². The van der Waals surface area contributed by atoms with Crippen molar-refractivity contribution in [3.8, 4) is 0 Å². The number of ether oxygens (including phenoxy) is 4. The largest absolute Gasteiger partial charge is 0.620 e. The molecular formula is C29H24N4O8. The fraction of sp³-hybridized carbons (Fsp3) is 0.0345. The third-order valence-electron chi connectivity index (χ3n) is 5.59. The van der Waals surface area contributed by atoms with Crippen LogP contribution in [0.1, 0.15) is 41.4 Å². The summed E-state index contributed by atoms with van der Waals surface area (Å²) in [5, 5.41) is 0. The second kappa shape index (κ2) is 11.8. The minimum Gasteiger partial charge on any atom is -0.398 e. The molecule has 0 aliphatic carbocycles. The van der Waals surface area contributed by atoms with Gasteiger partial charge in [-0.05, 0) is 48.5 Å². The van der Waals surface area contributed by atoms with Gasteiger partial charge in [-0.2, -0.15) is 0 Å². The summed E-state index contributed by atoms with van der Waals surface area (Å²) in [4.78, 5) is 53.1. The Kier molecular flexibility index (Phi) is 8.04. The summed E-state index contributed by atoms with van der Waals surface area (Å²) in [5.41, 5.74) is 22.6. The fourth-order valence-corrected chi connectivity index (χ4v) is 3.53. The molecule has 12 nitrogen and oxygen atoms in total. The van der Waals surface area contributed by atoms with Crippen molar-refractivity contribution in [3.05, 3.63) is 119 Å². The van der Waals surface area contributed by atoms with Crippen molar-refractivity contribution in [2.45, 2.75) is 6.16 Å². The van der Waals surface area contributed by atoms with Crippen LogP contribution >= 0.6 is 0 Å². The van der Waals surface area contributed by atoms with E-state index >= 15 is 0 Å².